The summed E-state index contributed by atoms with van der Waals surface area (Å²) in [5, 5.41) is 2.22. The number of aliphatic imine (C=N–C) groups is 1. The first kappa shape index (κ1) is 8.56. The van der Waals surface area contributed by atoms with Gasteiger partial charge in [-0.05, 0) is 0 Å². The Labute approximate surface area is 76.1 Å². The molecule has 4 heteroatoms. The normalized spacial score (nSPS) is 32.1. The van der Waals surface area contributed by atoms with Gasteiger partial charge in [0, 0.05) is 28.3 Å². The van der Waals surface area contributed by atoms with Crippen molar-refractivity contribution in [2.75, 3.05) is 11.5 Å². The summed E-state index contributed by atoms with van der Waals surface area (Å²) in [6.45, 7) is 0. The van der Waals surface area contributed by atoms with Crippen LogP contribution in [0.25, 0.3) is 0 Å². The zero-order chi connectivity index (χ0) is 7.40. The van der Waals surface area contributed by atoms with Crippen LogP contribution in [0.5, 0.6) is 0 Å². The van der Waals surface area contributed by atoms with Crippen LogP contribution in [0.3, 0.4) is 0 Å². The number of hydrogen-bond acceptors (Lipinski definition) is 4. The molecule has 0 spiro atoms. The SMILES string of the molecule is S=CC1CSC(CS)C=N1. The van der Waals surface area contributed by atoms with Crippen LogP contribution in [0.1, 0.15) is 0 Å². The molecule has 0 aromatic heterocycles. The fourth-order valence-electron chi connectivity index (χ4n) is 0.689. The minimum absolute atomic E-state index is 0.260. The molecule has 2 unspecified atom stereocenters. The van der Waals surface area contributed by atoms with Crippen molar-refractivity contribution in [1.82, 2.24) is 0 Å². The maximum Gasteiger partial charge on any atom is 0.0868 e. The molecular formula is C6H9NS3. The average Bonchev–Trinajstić information content (AvgIpc) is 2.05. The first-order valence-corrected chi connectivity index (χ1v) is 5.23. The zero-order valence-corrected chi connectivity index (χ0v) is 7.96. The third-order valence-electron chi connectivity index (χ3n) is 1.26. The Bertz CT molecular complexity index is 146. The average molecular weight is 191 g/mol. The first-order chi connectivity index (χ1) is 4.86. The van der Waals surface area contributed by atoms with Crippen LogP contribution in [-0.4, -0.2) is 34.4 Å². The summed E-state index contributed by atoms with van der Waals surface area (Å²) in [5.74, 6) is 1.89. The highest BCUT2D eigenvalue weighted by atomic mass is 32.2. The molecule has 0 fully saturated rings. The summed E-state index contributed by atoms with van der Waals surface area (Å²) in [6, 6.07) is 0.260. The molecule has 0 amide bonds. The number of thiol groups is 1. The topological polar surface area (TPSA) is 12.4 Å². The lowest BCUT2D eigenvalue weighted by Gasteiger charge is -2.16. The Morgan fingerprint density at radius 3 is 3.10 bits per heavy atom. The Kier molecular flexibility index (Phi) is 3.73. The van der Waals surface area contributed by atoms with Gasteiger partial charge >= 0.3 is 0 Å². The van der Waals surface area contributed by atoms with Crippen LogP contribution in [0, 0.1) is 0 Å². The minimum Gasteiger partial charge on any atom is -0.287 e. The lowest BCUT2D eigenvalue weighted by atomic mass is 10.4. The summed E-state index contributed by atoms with van der Waals surface area (Å²) in [7, 11) is 0. The summed E-state index contributed by atoms with van der Waals surface area (Å²) in [4.78, 5) is 4.25. The van der Waals surface area contributed by atoms with Gasteiger partial charge in [0.2, 0.25) is 0 Å². The van der Waals surface area contributed by atoms with E-state index in [0.29, 0.717) is 5.25 Å². The van der Waals surface area contributed by atoms with Gasteiger partial charge in [0.1, 0.15) is 0 Å². The Morgan fingerprint density at radius 1 is 1.90 bits per heavy atom. The molecule has 0 saturated carbocycles. The number of rotatable bonds is 2. The smallest absolute Gasteiger partial charge is 0.0868 e. The fraction of sp³-hybridized carbons (Fsp3) is 0.667. The van der Waals surface area contributed by atoms with E-state index in [0.717, 1.165) is 11.5 Å². The molecule has 0 aromatic carbocycles. The number of nitrogens with zero attached hydrogens (tertiary/aromatic N) is 1. The molecule has 0 saturated heterocycles. The van der Waals surface area contributed by atoms with Gasteiger partial charge in [-0.25, -0.2) is 0 Å². The van der Waals surface area contributed by atoms with Crippen molar-refractivity contribution in [3.05, 3.63) is 0 Å². The molecule has 1 aliphatic heterocycles. The van der Waals surface area contributed by atoms with Crippen LogP contribution in [0.15, 0.2) is 4.99 Å². The lowest BCUT2D eigenvalue weighted by molar-refractivity contribution is 1.00. The van der Waals surface area contributed by atoms with E-state index < -0.39 is 0 Å². The van der Waals surface area contributed by atoms with Crippen LogP contribution in [0.2, 0.25) is 0 Å². The Hall–Kier alpha value is 0.460. The van der Waals surface area contributed by atoms with Gasteiger partial charge in [0.05, 0.1) is 6.04 Å². The number of thiocarbonyl (C=S) groups is 1. The van der Waals surface area contributed by atoms with Crippen LogP contribution >= 0.6 is 36.6 Å². The lowest BCUT2D eigenvalue weighted by Crippen LogP contribution is -2.21. The quantitative estimate of drug-likeness (QED) is 0.524. The van der Waals surface area contributed by atoms with Gasteiger partial charge in [-0.15, -0.1) is 11.8 Å². The molecule has 1 aliphatic rings. The standard InChI is InChI=1S/C6H9NS3/c8-2-5-4-10-6(3-9)1-7-5/h1-2,5-6,9H,3-4H2. The summed E-state index contributed by atoms with van der Waals surface area (Å²) < 4.78 is 0. The summed E-state index contributed by atoms with van der Waals surface area (Å²) in [6.07, 6.45) is 1.95. The largest absolute Gasteiger partial charge is 0.287 e. The molecule has 0 aliphatic carbocycles. The van der Waals surface area contributed by atoms with Gasteiger partial charge < -0.3 is 0 Å². The predicted octanol–water partition coefficient (Wildman–Crippen LogP) is 1.47. The van der Waals surface area contributed by atoms with Crippen molar-refractivity contribution < 1.29 is 0 Å². The fourth-order valence-corrected chi connectivity index (χ4v) is 2.28. The second-order valence-corrected chi connectivity index (χ2v) is 3.97. The second kappa shape index (κ2) is 4.36. The number of thioether (sulfide) groups is 1. The van der Waals surface area contributed by atoms with E-state index >= 15 is 0 Å². The third-order valence-corrected chi connectivity index (χ3v) is 3.47. The van der Waals surface area contributed by atoms with Crippen molar-refractivity contribution in [3.63, 3.8) is 0 Å². The van der Waals surface area contributed by atoms with Gasteiger partial charge in [-0.3, -0.25) is 4.99 Å². The number of hydrogen-bond donors (Lipinski definition) is 1. The molecule has 56 valence electrons. The van der Waals surface area contributed by atoms with Gasteiger partial charge in [0.15, 0.2) is 0 Å². The highest BCUT2D eigenvalue weighted by Gasteiger charge is 2.13. The first-order valence-electron chi connectivity index (χ1n) is 3.08. The molecule has 0 bridgehead atoms. The van der Waals surface area contributed by atoms with Crippen molar-refractivity contribution in [1.29, 1.82) is 0 Å². The molecule has 1 heterocycles. The summed E-state index contributed by atoms with van der Waals surface area (Å²) >= 11 is 10.8. The molecule has 10 heavy (non-hydrogen) atoms. The van der Waals surface area contributed by atoms with Gasteiger partial charge in [0.25, 0.3) is 0 Å². The van der Waals surface area contributed by atoms with Gasteiger partial charge in [-0.2, -0.15) is 12.6 Å². The van der Waals surface area contributed by atoms with E-state index in [4.69, 9.17) is 12.2 Å². The van der Waals surface area contributed by atoms with Gasteiger partial charge in [-0.1, -0.05) is 12.2 Å². The Balaban J connectivity index is 2.43. The van der Waals surface area contributed by atoms with E-state index in [-0.39, 0.29) is 6.04 Å². The van der Waals surface area contributed by atoms with Crippen LogP contribution in [-0.2, 0) is 0 Å². The molecule has 2 atom stereocenters. The molecule has 1 rings (SSSR count). The zero-order valence-electron chi connectivity index (χ0n) is 5.43. The van der Waals surface area contributed by atoms with Crippen LogP contribution in [0.4, 0.5) is 0 Å². The van der Waals surface area contributed by atoms with Crippen molar-refractivity contribution in [2.45, 2.75) is 11.3 Å². The Morgan fingerprint density at radius 2 is 2.70 bits per heavy atom. The van der Waals surface area contributed by atoms with E-state index in [1.807, 2.05) is 18.0 Å². The maximum absolute atomic E-state index is 4.78. The second-order valence-electron chi connectivity index (χ2n) is 2.06. The minimum atomic E-state index is 0.260. The van der Waals surface area contributed by atoms with E-state index in [1.165, 1.54) is 0 Å². The molecule has 0 radical (unpaired) electrons. The van der Waals surface area contributed by atoms with Crippen molar-refractivity contribution in [3.8, 4) is 0 Å². The maximum atomic E-state index is 4.78. The van der Waals surface area contributed by atoms with E-state index in [9.17, 15) is 0 Å². The molecular weight excluding hydrogens is 182 g/mol. The van der Waals surface area contributed by atoms with E-state index in [1.54, 1.807) is 5.37 Å². The molecule has 0 N–H and O–H groups in total. The highest BCUT2D eigenvalue weighted by molar-refractivity contribution is 8.01. The molecule has 0 aromatic rings. The third kappa shape index (κ3) is 2.25. The monoisotopic (exact) mass is 191 g/mol. The summed E-state index contributed by atoms with van der Waals surface area (Å²) in [5.41, 5.74) is 0. The highest BCUT2D eigenvalue weighted by Crippen LogP contribution is 2.17. The van der Waals surface area contributed by atoms with Crippen molar-refractivity contribution in [2.24, 2.45) is 4.99 Å². The van der Waals surface area contributed by atoms with Crippen molar-refractivity contribution >= 4 is 48.2 Å². The predicted molar refractivity (Wildman–Crippen MR) is 56.0 cm³/mol. The van der Waals surface area contributed by atoms with Crippen LogP contribution < -0.4 is 0 Å². The van der Waals surface area contributed by atoms with E-state index in [2.05, 4.69) is 17.6 Å². The molecule has 1 nitrogen and oxygen atoms in total.